The van der Waals surface area contributed by atoms with E-state index in [1.165, 1.54) is 6.07 Å². The van der Waals surface area contributed by atoms with Crippen LogP contribution in [0.25, 0.3) is 0 Å². The molecule has 0 spiro atoms. The molecule has 0 aliphatic carbocycles. The van der Waals surface area contributed by atoms with E-state index >= 15 is 0 Å². The zero-order chi connectivity index (χ0) is 15.8. The van der Waals surface area contributed by atoms with Gasteiger partial charge < -0.3 is 15.2 Å². The van der Waals surface area contributed by atoms with Crippen molar-refractivity contribution in [1.82, 2.24) is 0 Å². The second kappa shape index (κ2) is 8.20. The first-order chi connectivity index (χ1) is 10.7. The van der Waals surface area contributed by atoms with E-state index in [2.05, 4.69) is 11.9 Å². The first kappa shape index (κ1) is 16.0. The molecule has 3 nitrogen and oxygen atoms in total. The fourth-order valence-corrected chi connectivity index (χ4v) is 2.05. The van der Waals surface area contributed by atoms with Crippen LogP contribution in [0, 0.1) is 5.82 Å². The molecule has 1 atom stereocenters. The van der Waals surface area contributed by atoms with Gasteiger partial charge in [-0.3, -0.25) is 0 Å². The van der Waals surface area contributed by atoms with E-state index in [0.29, 0.717) is 12.1 Å². The van der Waals surface area contributed by atoms with Crippen LogP contribution in [0.5, 0.6) is 5.75 Å². The first-order valence-corrected chi connectivity index (χ1v) is 7.18. The minimum Gasteiger partial charge on any atom is -0.491 e. The third-order valence-electron chi connectivity index (χ3n) is 3.17. The number of anilines is 1. The fraction of sp³-hybridized carbons (Fsp3) is 0.222. The highest BCUT2D eigenvalue weighted by atomic mass is 19.1. The van der Waals surface area contributed by atoms with Crippen LogP contribution in [0.15, 0.2) is 61.2 Å². The number of allylic oxidation sites excluding steroid dienone is 1. The average Bonchev–Trinajstić information content (AvgIpc) is 2.53. The molecule has 2 rings (SSSR count). The van der Waals surface area contributed by atoms with Crippen LogP contribution in [-0.2, 0) is 6.42 Å². The molecule has 0 aliphatic heterocycles. The minimum absolute atomic E-state index is 0.135. The smallest absolute Gasteiger partial charge is 0.146 e. The Hall–Kier alpha value is -2.33. The molecule has 0 saturated heterocycles. The summed E-state index contributed by atoms with van der Waals surface area (Å²) < 4.78 is 19.1. The molecule has 0 aromatic heterocycles. The van der Waals surface area contributed by atoms with Crippen molar-refractivity contribution < 1.29 is 14.2 Å². The molecule has 2 aromatic carbocycles. The maximum atomic E-state index is 13.4. The average molecular weight is 301 g/mol. The summed E-state index contributed by atoms with van der Waals surface area (Å²) >= 11 is 0. The Morgan fingerprint density at radius 3 is 2.68 bits per heavy atom. The van der Waals surface area contributed by atoms with Crippen molar-refractivity contribution in [2.45, 2.75) is 12.5 Å². The number of rotatable bonds is 8. The van der Waals surface area contributed by atoms with E-state index in [1.54, 1.807) is 24.3 Å². The SMILES string of the molecule is C=CCc1ccccc1OCC(O)CNc1ccccc1F. The van der Waals surface area contributed by atoms with E-state index < -0.39 is 6.10 Å². The first-order valence-electron chi connectivity index (χ1n) is 7.18. The summed E-state index contributed by atoms with van der Waals surface area (Å²) in [6.07, 6.45) is 1.77. The highest BCUT2D eigenvalue weighted by Crippen LogP contribution is 2.19. The molecule has 0 bridgehead atoms. The van der Waals surface area contributed by atoms with Crippen LogP contribution < -0.4 is 10.1 Å². The van der Waals surface area contributed by atoms with Crippen molar-refractivity contribution in [2.24, 2.45) is 0 Å². The van der Waals surface area contributed by atoms with Crippen molar-refractivity contribution in [1.29, 1.82) is 0 Å². The molecule has 0 radical (unpaired) electrons. The summed E-state index contributed by atoms with van der Waals surface area (Å²) in [4.78, 5) is 0. The number of benzene rings is 2. The van der Waals surface area contributed by atoms with E-state index in [0.717, 1.165) is 11.3 Å². The lowest BCUT2D eigenvalue weighted by atomic mass is 10.1. The number of nitrogens with one attached hydrogen (secondary N) is 1. The monoisotopic (exact) mass is 301 g/mol. The fourth-order valence-electron chi connectivity index (χ4n) is 2.05. The van der Waals surface area contributed by atoms with Gasteiger partial charge in [-0.1, -0.05) is 36.4 Å². The highest BCUT2D eigenvalue weighted by molar-refractivity contribution is 5.44. The zero-order valence-electron chi connectivity index (χ0n) is 12.3. The Kier molecular flexibility index (Phi) is 5.98. The van der Waals surface area contributed by atoms with Crippen LogP contribution in [-0.4, -0.2) is 24.4 Å². The van der Waals surface area contributed by atoms with E-state index in [9.17, 15) is 9.50 Å². The Morgan fingerprint density at radius 2 is 1.91 bits per heavy atom. The Balaban J connectivity index is 1.84. The molecular weight excluding hydrogens is 281 g/mol. The third-order valence-corrected chi connectivity index (χ3v) is 3.17. The topological polar surface area (TPSA) is 41.5 Å². The second-order valence-electron chi connectivity index (χ2n) is 4.93. The largest absolute Gasteiger partial charge is 0.491 e. The molecule has 2 aromatic rings. The molecule has 0 heterocycles. The number of hydrogen-bond acceptors (Lipinski definition) is 3. The highest BCUT2D eigenvalue weighted by Gasteiger charge is 2.08. The summed E-state index contributed by atoms with van der Waals surface area (Å²) in [5, 5.41) is 12.8. The summed E-state index contributed by atoms with van der Waals surface area (Å²) in [6, 6.07) is 14.0. The van der Waals surface area contributed by atoms with Gasteiger partial charge in [0.25, 0.3) is 0 Å². The lowest BCUT2D eigenvalue weighted by Crippen LogP contribution is -2.26. The number of halogens is 1. The van der Waals surface area contributed by atoms with Crippen LogP contribution in [0.3, 0.4) is 0 Å². The molecule has 22 heavy (non-hydrogen) atoms. The van der Waals surface area contributed by atoms with Crippen molar-refractivity contribution in [3.8, 4) is 5.75 Å². The standard InChI is InChI=1S/C18H20FNO2/c1-2-7-14-8-3-6-11-18(14)22-13-15(21)12-20-17-10-5-4-9-16(17)19/h2-6,8-11,15,20-21H,1,7,12-13H2. The second-order valence-corrected chi connectivity index (χ2v) is 4.93. The molecule has 0 fully saturated rings. The van der Waals surface area contributed by atoms with Crippen molar-refractivity contribution in [3.63, 3.8) is 0 Å². The third kappa shape index (κ3) is 4.60. The lowest BCUT2D eigenvalue weighted by Gasteiger charge is -2.16. The Bertz CT molecular complexity index is 616. The summed E-state index contributed by atoms with van der Waals surface area (Å²) in [5.74, 6) is 0.388. The van der Waals surface area contributed by atoms with Crippen LogP contribution >= 0.6 is 0 Å². The van der Waals surface area contributed by atoms with E-state index in [4.69, 9.17) is 4.74 Å². The van der Waals surface area contributed by atoms with Crippen LogP contribution in [0.1, 0.15) is 5.56 Å². The Labute approximate surface area is 130 Å². The summed E-state index contributed by atoms with van der Waals surface area (Å²) in [6.45, 7) is 4.06. The van der Waals surface area contributed by atoms with Crippen LogP contribution in [0.2, 0.25) is 0 Å². The van der Waals surface area contributed by atoms with Crippen molar-refractivity contribution >= 4 is 5.69 Å². The number of para-hydroxylation sites is 2. The maximum Gasteiger partial charge on any atom is 0.146 e. The normalized spacial score (nSPS) is 11.7. The van der Waals surface area contributed by atoms with Gasteiger partial charge >= 0.3 is 0 Å². The van der Waals surface area contributed by atoms with Gasteiger partial charge in [-0.2, -0.15) is 0 Å². The van der Waals surface area contributed by atoms with Gasteiger partial charge in [0.15, 0.2) is 0 Å². The quantitative estimate of drug-likeness (QED) is 0.734. The number of aliphatic hydroxyl groups excluding tert-OH is 1. The maximum absolute atomic E-state index is 13.4. The molecule has 0 aliphatic rings. The van der Waals surface area contributed by atoms with E-state index in [-0.39, 0.29) is 19.0 Å². The lowest BCUT2D eigenvalue weighted by molar-refractivity contribution is 0.117. The van der Waals surface area contributed by atoms with Gasteiger partial charge in [-0.15, -0.1) is 6.58 Å². The number of hydrogen-bond donors (Lipinski definition) is 2. The van der Waals surface area contributed by atoms with Gasteiger partial charge in [-0.05, 0) is 30.2 Å². The van der Waals surface area contributed by atoms with E-state index in [1.807, 2.05) is 24.3 Å². The van der Waals surface area contributed by atoms with Gasteiger partial charge in [0.05, 0.1) is 5.69 Å². The molecule has 0 saturated carbocycles. The predicted molar refractivity (Wildman–Crippen MR) is 86.7 cm³/mol. The molecule has 1 unspecified atom stereocenters. The summed E-state index contributed by atoms with van der Waals surface area (Å²) in [7, 11) is 0. The van der Waals surface area contributed by atoms with Gasteiger partial charge in [0.2, 0.25) is 0 Å². The van der Waals surface area contributed by atoms with Crippen LogP contribution in [0.4, 0.5) is 10.1 Å². The van der Waals surface area contributed by atoms with Crippen molar-refractivity contribution in [2.75, 3.05) is 18.5 Å². The molecular formula is C18H20FNO2. The summed E-state index contributed by atoms with van der Waals surface area (Å²) in [5.41, 5.74) is 1.39. The van der Waals surface area contributed by atoms with Crippen molar-refractivity contribution in [3.05, 3.63) is 72.6 Å². The number of aliphatic hydroxyl groups is 1. The predicted octanol–water partition coefficient (Wildman–Crippen LogP) is 3.41. The number of ether oxygens (including phenoxy) is 1. The zero-order valence-corrected chi connectivity index (χ0v) is 12.3. The minimum atomic E-state index is -0.739. The van der Waals surface area contributed by atoms with Gasteiger partial charge in [0, 0.05) is 6.54 Å². The van der Waals surface area contributed by atoms with Gasteiger partial charge in [0.1, 0.15) is 24.3 Å². The molecule has 116 valence electrons. The Morgan fingerprint density at radius 1 is 1.18 bits per heavy atom. The molecule has 4 heteroatoms. The molecule has 2 N–H and O–H groups in total. The molecule has 0 amide bonds. The van der Waals surface area contributed by atoms with Gasteiger partial charge in [-0.25, -0.2) is 4.39 Å².